The first-order valence-corrected chi connectivity index (χ1v) is 17.5. The van der Waals surface area contributed by atoms with Crippen LogP contribution in [0, 0.1) is 39.4 Å². The molecule has 8 heteroatoms. The second-order valence-corrected chi connectivity index (χ2v) is 16.5. The average Bonchev–Trinajstić information content (AvgIpc) is 3.25. The third-order valence-corrected chi connectivity index (χ3v) is 13.9. The van der Waals surface area contributed by atoms with Crippen molar-refractivity contribution in [1.29, 1.82) is 0 Å². The molecule has 0 aromatic carbocycles. The minimum atomic E-state index is -1.52. The van der Waals surface area contributed by atoms with Gasteiger partial charge in [0.25, 0.3) is 0 Å². The molecule has 2 saturated carbocycles. The standard InChI is InChI=1S/C38H58O8/c1-21(2)22(3)10-11-24(33(43)46-34-32(42)31(41)28(40)20-44-34)25-14-18-38(9)27-12-13-29-35(5,6)30(45-23(4)39)16-17-36(29,7)26(27)15-19-37(25,38)8/h10,24-25,28-32,34,40-42H,1,11-20H2,2-9H3/b22-10-/t24-,25-,28+,29+,30-,31-,32-,34-,36-,37-,38+/m1/s1. The van der Waals surface area contributed by atoms with Gasteiger partial charge in [0.05, 0.1) is 12.5 Å². The van der Waals surface area contributed by atoms with E-state index in [2.05, 4.69) is 47.3 Å². The number of hydrogen-bond acceptors (Lipinski definition) is 8. The summed E-state index contributed by atoms with van der Waals surface area (Å²) in [5.74, 6) is -0.625. The van der Waals surface area contributed by atoms with Crippen molar-refractivity contribution in [1.82, 2.24) is 0 Å². The number of aliphatic hydroxyl groups excluding tert-OH is 3. The molecular formula is C38H58O8. The number of aliphatic hydroxyl groups is 3. The van der Waals surface area contributed by atoms with Crippen LogP contribution in [0.25, 0.3) is 0 Å². The van der Waals surface area contributed by atoms with Crippen molar-refractivity contribution in [2.24, 2.45) is 39.4 Å². The van der Waals surface area contributed by atoms with Gasteiger partial charge in [-0.25, -0.2) is 0 Å². The largest absolute Gasteiger partial charge is 0.462 e. The summed E-state index contributed by atoms with van der Waals surface area (Å²) in [4.78, 5) is 26.0. The van der Waals surface area contributed by atoms with Gasteiger partial charge in [-0.15, -0.1) is 0 Å². The van der Waals surface area contributed by atoms with Crippen molar-refractivity contribution in [3.63, 3.8) is 0 Å². The number of hydrogen-bond donors (Lipinski definition) is 3. The summed E-state index contributed by atoms with van der Waals surface area (Å²) in [6, 6.07) is 0. The number of rotatable bonds is 7. The quantitative estimate of drug-likeness (QED) is 0.171. The second-order valence-electron chi connectivity index (χ2n) is 16.5. The maximum atomic E-state index is 14.1. The predicted octanol–water partition coefficient (Wildman–Crippen LogP) is 6.18. The average molecular weight is 643 g/mol. The van der Waals surface area contributed by atoms with Crippen LogP contribution in [0.15, 0.2) is 34.9 Å². The highest BCUT2D eigenvalue weighted by molar-refractivity contribution is 5.73. The Labute approximate surface area is 275 Å². The fraction of sp³-hybridized carbons (Fsp3) is 0.789. The number of carbonyl (C=O) groups is 2. The molecule has 0 spiro atoms. The molecule has 11 atom stereocenters. The Morgan fingerprint density at radius 3 is 2.28 bits per heavy atom. The Bertz CT molecular complexity index is 1300. The second kappa shape index (κ2) is 12.5. The smallest absolute Gasteiger partial charge is 0.311 e. The van der Waals surface area contributed by atoms with E-state index in [1.807, 2.05) is 13.8 Å². The maximum absolute atomic E-state index is 14.1. The molecule has 0 unspecified atom stereocenters. The Kier molecular flexibility index (Phi) is 9.57. The summed E-state index contributed by atoms with van der Waals surface area (Å²) in [6.45, 7) is 21.2. The molecule has 4 aliphatic carbocycles. The van der Waals surface area contributed by atoms with Crippen LogP contribution in [0.3, 0.4) is 0 Å². The van der Waals surface area contributed by atoms with Crippen LogP contribution >= 0.6 is 0 Å². The van der Waals surface area contributed by atoms with Gasteiger partial charge in [0.1, 0.15) is 24.4 Å². The molecule has 1 saturated heterocycles. The molecule has 0 amide bonds. The van der Waals surface area contributed by atoms with E-state index in [-0.39, 0.29) is 46.3 Å². The van der Waals surface area contributed by atoms with E-state index >= 15 is 0 Å². The van der Waals surface area contributed by atoms with Crippen LogP contribution in [0.5, 0.6) is 0 Å². The number of esters is 2. The zero-order chi connectivity index (χ0) is 34.0. The van der Waals surface area contributed by atoms with Crippen molar-refractivity contribution in [3.8, 4) is 0 Å². The number of carbonyl (C=O) groups excluding carboxylic acids is 2. The molecule has 258 valence electrons. The van der Waals surface area contributed by atoms with E-state index < -0.39 is 36.5 Å². The Balaban J connectivity index is 1.46. The summed E-state index contributed by atoms with van der Waals surface area (Å²) in [5, 5.41) is 30.7. The van der Waals surface area contributed by atoms with Crippen LogP contribution in [-0.2, 0) is 23.8 Å². The lowest BCUT2D eigenvalue weighted by molar-refractivity contribution is -0.265. The molecule has 0 aromatic rings. The SMILES string of the molecule is C=C(C)/C(C)=C\C[C@@H](C(=O)O[C@H]1OC[C@H](O)[C@@H](O)[C@H]1O)[C@H]1CC[C@@]2(C)C3=C(CC[C@]12C)[C@@]1(C)CC[C@@H](OC(C)=O)C(C)(C)[C@@H]1CC3. The number of fused-ring (bicyclic) bond motifs is 4. The minimum Gasteiger partial charge on any atom is -0.462 e. The fourth-order valence-electron chi connectivity index (χ4n) is 10.7. The van der Waals surface area contributed by atoms with E-state index in [4.69, 9.17) is 14.2 Å². The van der Waals surface area contributed by atoms with Gasteiger partial charge in [-0.2, -0.15) is 0 Å². The normalized spacial score (nSPS) is 42.8. The third kappa shape index (κ3) is 5.63. The van der Waals surface area contributed by atoms with Crippen LogP contribution < -0.4 is 0 Å². The number of ether oxygens (including phenoxy) is 3. The first kappa shape index (κ1) is 35.3. The predicted molar refractivity (Wildman–Crippen MR) is 175 cm³/mol. The highest BCUT2D eigenvalue weighted by Crippen LogP contribution is 2.72. The van der Waals surface area contributed by atoms with Crippen LogP contribution in [0.4, 0.5) is 0 Å². The van der Waals surface area contributed by atoms with Crippen molar-refractivity contribution >= 4 is 11.9 Å². The van der Waals surface area contributed by atoms with E-state index in [9.17, 15) is 24.9 Å². The molecule has 5 rings (SSSR count). The van der Waals surface area contributed by atoms with Crippen molar-refractivity contribution in [2.75, 3.05) is 6.61 Å². The van der Waals surface area contributed by atoms with Gasteiger partial charge >= 0.3 is 11.9 Å². The molecule has 3 fully saturated rings. The molecule has 0 bridgehead atoms. The molecular weight excluding hydrogens is 584 g/mol. The molecule has 0 radical (unpaired) electrons. The fourth-order valence-corrected chi connectivity index (χ4v) is 10.7. The van der Waals surface area contributed by atoms with Gasteiger partial charge in [-0.3, -0.25) is 9.59 Å². The minimum absolute atomic E-state index is 0.0474. The Morgan fingerprint density at radius 1 is 0.935 bits per heavy atom. The lowest BCUT2D eigenvalue weighted by atomic mass is 9.43. The highest BCUT2D eigenvalue weighted by atomic mass is 16.7. The van der Waals surface area contributed by atoms with Gasteiger partial charge in [0.2, 0.25) is 6.29 Å². The molecule has 8 nitrogen and oxygen atoms in total. The number of allylic oxidation sites excluding steroid dienone is 5. The summed E-state index contributed by atoms with van der Waals surface area (Å²) < 4.78 is 17.2. The van der Waals surface area contributed by atoms with Gasteiger partial charge in [0.15, 0.2) is 0 Å². The topological polar surface area (TPSA) is 123 Å². The molecule has 5 aliphatic rings. The molecule has 46 heavy (non-hydrogen) atoms. The van der Waals surface area contributed by atoms with Gasteiger partial charge in [-0.05, 0) is 99.7 Å². The Hall–Kier alpha value is -2.00. The van der Waals surface area contributed by atoms with E-state index in [1.54, 1.807) is 11.1 Å². The lowest BCUT2D eigenvalue weighted by Gasteiger charge is -2.62. The third-order valence-electron chi connectivity index (χ3n) is 13.9. The van der Waals surface area contributed by atoms with Crippen LogP contribution in [-0.4, -0.2) is 64.6 Å². The molecule has 1 aliphatic heterocycles. The summed E-state index contributed by atoms with van der Waals surface area (Å²) in [6.07, 6.45) is 4.78. The molecule has 3 N–H and O–H groups in total. The highest BCUT2D eigenvalue weighted by Gasteiger charge is 2.64. The first-order chi connectivity index (χ1) is 21.4. The molecule has 0 aromatic heterocycles. The maximum Gasteiger partial charge on any atom is 0.311 e. The van der Waals surface area contributed by atoms with E-state index in [1.165, 1.54) is 6.92 Å². The monoisotopic (exact) mass is 642 g/mol. The zero-order valence-corrected chi connectivity index (χ0v) is 29.4. The van der Waals surface area contributed by atoms with Crippen molar-refractivity contribution < 1.29 is 39.1 Å². The lowest BCUT2D eigenvalue weighted by Crippen LogP contribution is -2.56. The van der Waals surface area contributed by atoms with Crippen molar-refractivity contribution in [3.05, 3.63) is 34.9 Å². The zero-order valence-electron chi connectivity index (χ0n) is 29.4. The molecule has 1 heterocycles. The van der Waals surface area contributed by atoms with E-state index in [0.717, 1.165) is 62.5 Å². The van der Waals surface area contributed by atoms with Gasteiger partial charge in [-0.1, -0.05) is 69.6 Å². The van der Waals surface area contributed by atoms with Crippen LogP contribution in [0.1, 0.15) is 113 Å². The van der Waals surface area contributed by atoms with Crippen molar-refractivity contribution in [2.45, 2.75) is 144 Å². The summed E-state index contributed by atoms with van der Waals surface area (Å²) >= 11 is 0. The van der Waals surface area contributed by atoms with Crippen LogP contribution in [0.2, 0.25) is 0 Å². The van der Waals surface area contributed by atoms with E-state index in [0.29, 0.717) is 12.3 Å². The summed E-state index contributed by atoms with van der Waals surface area (Å²) in [5.41, 5.74) is 4.91. The van der Waals surface area contributed by atoms with Gasteiger partial charge < -0.3 is 29.5 Å². The van der Waals surface area contributed by atoms with Gasteiger partial charge in [0, 0.05) is 12.3 Å². The Morgan fingerprint density at radius 2 is 1.63 bits per heavy atom. The first-order valence-electron chi connectivity index (χ1n) is 17.5. The summed E-state index contributed by atoms with van der Waals surface area (Å²) in [7, 11) is 0.